The molecule has 0 fully saturated rings. The second-order valence-electron chi connectivity index (χ2n) is 9.18. The summed E-state index contributed by atoms with van der Waals surface area (Å²) in [6.45, 7) is 0.252. The number of amidine groups is 2. The molecular formula is C29H25ClFN5O4S. The van der Waals surface area contributed by atoms with E-state index in [0.29, 0.717) is 38.7 Å². The van der Waals surface area contributed by atoms with Crippen LogP contribution < -0.4 is 15.4 Å². The maximum absolute atomic E-state index is 13.5. The molecule has 3 aromatic carbocycles. The van der Waals surface area contributed by atoms with E-state index in [1.807, 2.05) is 24.3 Å². The lowest BCUT2D eigenvalue weighted by Crippen LogP contribution is -2.41. The third kappa shape index (κ3) is 6.58. The van der Waals surface area contributed by atoms with Gasteiger partial charge in [0.15, 0.2) is 5.17 Å². The van der Waals surface area contributed by atoms with Gasteiger partial charge in [0.05, 0.1) is 24.2 Å². The number of methoxy groups -OCH3 is 1. The highest BCUT2D eigenvalue weighted by Gasteiger charge is 2.41. The van der Waals surface area contributed by atoms with Gasteiger partial charge in [-0.05, 0) is 54.4 Å². The average molecular weight is 594 g/mol. The number of nitrogens with one attached hydrogen (secondary N) is 2. The largest absolute Gasteiger partial charge is 0.495 e. The van der Waals surface area contributed by atoms with E-state index in [9.17, 15) is 18.8 Å². The molecule has 1 atom stereocenters. The summed E-state index contributed by atoms with van der Waals surface area (Å²) in [7, 11) is 1.49. The van der Waals surface area contributed by atoms with Crippen molar-refractivity contribution < 1.29 is 23.5 Å². The SMILES string of the molecule is COc1ccc(Cl)cc1NC(=O)CSC1=Nc2ccccc2C2=N[C@H](CCC(=O)NCc3ccc(F)cc3)C(=O)N12. The summed E-state index contributed by atoms with van der Waals surface area (Å²) in [6.07, 6.45) is 0.274. The zero-order valence-corrected chi connectivity index (χ0v) is 23.5. The van der Waals surface area contributed by atoms with E-state index >= 15 is 0 Å². The Bertz CT molecular complexity index is 1560. The van der Waals surface area contributed by atoms with Crippen LogP contribution in [0.2, 0.25) is 5.02 Å². The molecule has 0 bridgehead atoms. The van der Waals surface area contributed by atoms with Crippen LogP contribution in [0.4, 0.5) is 15.8 Å². The smallest absolute Gasteiger partial charge is 0.259 e. The fourth-order valence-corrected chi connectivity index (χ4v) is 5.31. The van der Waals surface area contributed by atoms with Crippen molar-refractivity contribution in [3.63, 3.8) is 0 Å². The number of rotatable bonds is 9. The van der Waals surface area contributed by atoms with Crippen molar-refractivity contribution in [2.75, 3.05) is 18.2 Å². The number of fused-ring (bicyclic) bond motifs is 3. The van der Waals surface area contributed by atoms with Gasteiger partial charge in [0.25, 0.3) is 5.91 Å². The van der Waals surface area contributed by atoms with Crippen LogP contribution in [-0.4, -0.2) is 52.5 Å². The summed E-state index contributed by atoms with van der Waals surface area (Å²) < 4.78 is 18.4. The molecule has 3 amide bonds. The molecule has 2 aliphatic rings. The van der Waals surface area contributed by atoms with Crippen LogP contribution >= 0.6 is 23.4 Å². The Labute approximate surface area is 244 Å². The number of hydrogen-bond acceptors (Lipinski definition) is 7. The van der Waals surface area contributed by atoms with Crippen LogP contribution in [0.1, 0.15) is 24.0 Å². The third-order valence-electron chi connectivity index (χ3n) is 6.36. The summed E-state index contributed by atoms with van der Waals surface area (Å²) in [5, 5.41) is 6.33. The molecule has 0 saturated carbocycles. The highest BCUT2D eigenvalue weighted by molar-refractivity contribution is 8.14. The highest BCUT2D eigenvalue weighted by Crippen LogP contribution is 2.34. The van der Waals surface area contributed by atoms with Gasteiger partial charge in [-0.3, -0.25) is 19.4 Å². The second kappa shape index (κ2) is 12.5. The van der Waals surface area contributed by atoms with Gasteiger partial charge in [0, 0.05) is 23.6 Å². The maximum atomic E-state index is 13.5. The molecule has 2 heterocycles. The van der Waals surface area contributed by atoms with Crippen molar-refractivity contribution in [1.29, 1.82) is 0 Å². The lowest BCUT2D eigenvalue weighted by Gasteiger charge is -2.25. The molecule has 41 heavy (non-hydrogen) atoms. The van der Waals surface area contributed by atoms with Crippen LogP contribution in [0.25, 0.3) is 0 Å². The molecule has 3 aromatic rings. The molecule has 12 heteroatoms. The van der Waals surface area contributed by atoms with Crippen LogP contribution in [0.5, 0.6) is 5.75 Å². The maximum Gasteiger partial charge on any atom is 0.259 e. The monoisotopic (exact) mass is 593 g/mol. The van der Waals surface area contributed by atoms with Gasteiger partial charge >= 0.3 is 0 Å². The van der Waals surface area contributed by atoms with Crippen molar-refractivity contribution in [3.8, 4) is 5.75 Å². The molecular weight excluding hydrogens is 569 g/mol. The van der Waals surface area contributed by atoms with E-state index in [1.165, 1.54) is 24.1 Å². The number of halogens is 2. The van der Waals surface area contributed by atoms with Crippen LogP contribution in [0.3, 0.4) is 0 Å². The predicted molar refractivity (Wildman–Crippen MR) is 157 cm³/mol. The number of nitrogens with zero attached hydrogens (tertiary/aromatic N) is 3. The molecule has 0 unspecified atom stereocenters. The normalized spacial score (nSPS) is 15.4. The van der Waals surface area contributed by atoms with E-state index in [0.717, 1.165) is 17.3 Å². The topological polar surface area (TPSA) is 112 Å². The molecule has 5 rings (SSSR count). The summed E-state index contributed by atoms with van der Waals surface area (Å²) in [5.41, 5.74) is 2.52. The number of aliphatic imine (C=N–C) groups is 2. The Morgan fingerprint density at radius 1 is 1.10 bits per heavy atom. The van der Waals surface area contributed by atoms with E-state index in [4.69, 9.17) is 16.3 Å². The molecule has 9 nitrogen and oxygen atoms in total. The van der Waals surface area contributed by atoms with Crippen LogP contribution in [0, 0.1) is 5.82 Å². The van der Waals surface area contributed by atoms with Crippen molar-refractivity contribution in [2.45, 2.75) is 25.4 Å². The van der Waals surface area contributed by atoms with Gasteiger partial charge in [0.1, 0.15) is 23.4 Å². The Morgan fingerprint density at radius 2 is 1.88 bits per heavy atom. The third-order valence-corrected chi connectivity index (χ3v) is 7.54. The number of carbonyl (C=O) groups is 3. The minimum Gasteiger partial charge on any atom is -0.495 e. The Hall–Kier alpha value is -4.22. The second-order valence-corrected chi connectivity index (χ2v) is 10.6. The van der Waals surface area contributed by atoms with E-state index < -0.39 is 6.04 Å². The summed E-state index contributed by atoms with van der Waals surface area (Å²) in [5.74, 6) is -0.378. The van der Waals surface area contributed by atoms with Crippen molar-refractivity contribution in [2.24, 2.45) is 9.98 Å². The Balaban J connectivity index is 1.24. The van der Waals surface area contributed by atoms with Crippen molar-refractivity contribution >= 4 is 63.5 Å². The van der Waals surface area contributed by atoms with Gasteiger partial charge in [-0.1, -0.05) is 47.6 Å². The number of thioether (sulfide) groups is 1. The Kier molecular flexibility index (Phi) is 8.65. The van der Waals surface area contributed by atoms with Gasteiger partial charge in [-0.15, -0.1) is 0 Å². The van der Waals surface area contributed by atoms with E-state index in [1.54, 1.807) is 30.3 Å². The number of para-hydroxylation sites is 1. The molecule has 2 N–H and O–H groups in total. The van der Waals surface area contributed by atoms with Crippen LogP contribution in [0.15, 0.2) is 76.7 Å². The number of benzene rings is 3. The summed E-state index contributed by atoms with van der Waals surface area (Å²) in [6, 6.07) is 17.3. The average Bonchev–Trinajstić information content (AvgIpc) is 3.31. The molecule has 0 aliphatic carbocycles. The fourth-order valence-electron chi connectivity index (χ4n) is 4.34. The molecule has 210 valence electrons. The lowest BCUT2D eigenvalue weighted by atomic mass is 10.1. The first kappa shape index (κ1) is 28.3. The number of carbonyl (C=O) groups excluding carboxylic acids is 3. The van der Waals surface area contributed by atoms with Gasteiger partial charge in [-0.25, -0.2) is 14.3 Å². The first-order valence-corrected chi connectivity index (χ1v) is 14.1. The molecule has 0 saturated heterocycles. The summed E-state index contributed by atoms with van der Waals surface area (Å²) >= 11 is 7.17. The quantitative estimate of drug-likeness (QED) is 0.366. The predicted octanol–water partition coefficient (Wildman–Crippen LogP) is 4.91. The van der Waals surface area contributed by atoms with E-state index in [-0.39, 0.29) is 48.7 Å². The number of amides is 3. The minimum atomic E-state index is -0.775. The van der Waals surface area contributed by atoms with Gasteiger partial charge in [0.2, 0.25) is 11.8 Å². The van der Waals surface area contributed by atoms with Crippen LogP contribution in [-0.2, 0) is 20.9 Å². The number of ether oxygens (including phenoxy) is 1. The molecule has 0 spiro atoms. The molecule has 0 radical (unpaired) electrons. The zero-order valence-electron chi connectivity index (χ0n) is 21.9. The lowest BCUT2D eigenvalue weighted by molar-refractivity contribution is -0.125. The first-order valence-electron chi connectivity index (χ1n) is 12.7. The fraction of sp³-hybridized carbons (Fsp3) is 0.207. The van der Waals surface area contributed by atoms with Crippen molar-refractivity contribution in [1.82, 2.24) is 10.2 Å². The van der Waals surface area contributed by atoms with Gasteiger partial charge in [-0.2, -0.15) is 0 Å². The molecule has 2 aliphatic heterocycles. The number of anilines is 1. The number of hydrogen-bond donors (Lipinski definition) is 2. The van der Waals surface area contributed by atoms with E-state index in [2.05, 4.69) is 20.6 Å². The van der Waals surface area contributed by atoms with Crippen molar-refractivity contribution in [3.05, 3.63) is 88.7 Å². The molecule has 0 aromatic heterocycles. The first-order chi connectivity index (χ1) is 19.8. The summed E-state index contributed by atoms with van der Waals surface area (Å²) in [4.78, 5) is 49.4. The minimum absolute atomic E-state index is 0.0375. The zero-order chi connectivity index (χ0) is 28.9. The standard InChI is InChI=1S/C29H25ClFN5O4S/c1-40-24-12-8-18(30)14-23(24)33-26(38)16-41-29-35-21-5-3-2-4-20(21)27-34-22(28(39)36(27)29)11-13-25(37)32-15-17-6-9-19(31)10-7-17/h2-10,12,14,22H,11,13,15-16H2,1H3,(H,32,37)(H,33,38)/t22-/m1/s1. The highest BCUT2D eigenvalue weighted by atomic mass is 35.5. The van der Waals surface area contributed by atoms with Gasteiger partial charge < -0.3 is 15.4 Å². The Morgan fingerprint density at radius 3 is 2.66 bits per heavy atom.